The van der Waals surface area contributed by atoms with Crippen molar-refractivity contribution in [1.82, 2.24) is 9.47 Å². The minimum Gasteiger partial charge on any atom is -0.364 e. The molecule has 3 aromatic rings. The highest BCUT2D eigenvalue weighted by molar-refractivity contribution is 6.30. The van der Waals surface area contributed by atoms with E-state index < -0.39 is 0 Å². The molecule has 4 rings (SSSR count). The lowest BCUT2D eigenvalue weighted by Crippen LogP contribution is -2.43. The highest BCUT2D eigenvalue weighted by Crippen LogP contribution is 2.45. The van der Waals surface area contributed by atoms with Crippen molar-refractivity contribution < 1.29 is 4.79 Å². The highest BCUT2D eigenvalue weighted by Gasteiger charge is 2.31. The van der Waals surface area contributed by atoms with Crippen LogP contribution in [-0.4, -0.2) is 49.0 Å². The maximum absolute atomic E-state index is 11.7. The Labute approximate surface area is 243 Å². The van der Waals surface area contributed by atoms with Crippen LogP contribution < -0.4 is 4.90 Å². The number of likely N-dealkylation sites (N-methyl/N-ethyl adjacent to an activating group) is 1. The van der Waals surface area contributed by atoms with E-state index in [0.29, 0.717) is 17.9 Å². The van der Waals surface area contributed by atoms with Crippen molar-refractivity contribution in [2.75, 3.05) is 32.1 Å². The van der Waals surface area contributed by atoms with Crippen LogP contribution in [0.2, 0.25) is 5.02 Å². The molecule has 39 heavy (non-hydrogen) atoms. The zero-order valence-electron chi connectivity index (χ0n) is 26.2. The summed E-state index contributed by atoms with van der Waals surface area (Å²) < 4.78 is 2.46. The second-order valence-electron chi connectivity index (χ2n) is 11.7. The van der Waals surface area contributed by atoms with E-state index >= 15 is 0 Å². The minimum atomic E-state index is 0.399. The van der Waals surface area contributed by atoms with Crippen LogP contribution >= 0.6 is 11.6 Å². The lowest BCUT2D eigenvalue weighted by atomic mass is 9.88. The lowest BCUT2D eigenvalue weighted by molar-refractivity contribution is -0.107. The van der Waals surface area contributed by atoms with E-state index in [9.17, 15) is 4.79 Å². The largest absolute Gasteiger partial charge is 0.364 e. The van der Waals surface area contributed by atoms with Gasteiger partial charge in [0.2, 0.25) is 0 Å². The van der Waals surface area contributed by atoms with Gasteiger partial charge in [0.1, 0.15) is 6.29 Å². The van der Waals surface area contributed by atoms with Gasteiger partial charge in [-0.15, -0.1) is 12.8 Å². The number of aryl methyl sites for hydroxylation is 1. The van der Waals surface area contributed by atoms with Crippen LogP contribution in [0.25, 0.3) is 22.0 Å². The Morgan fingerprint density at radius 3 is 2.10 bits per heavy atom. The summed E-state index contributed by atoms with van der Waals surface area (Å²) in [6, 6.07) is 10.7. The van der Waals surface area contributed by atoms with Gasteiger partial charge < -0.3 is 19.2 Å². The normalized spacial score (nSPS) is 14.0. The van der Waals surface area contributed by atoms with E-state index in [0.717, 1.165) is 42.1 Å². The minimum absolute atomic E-state index is 0.399. The Bertz CT molecular complexity index is 1220. The smallest absolute Gasteiger partial charge is 0.124 e. The number of aldehydes is 1. The molecule has 1 aromatic heterocycles. The third-order valence-electron chi connectivity index (χ3n) is 6.38. The maximum Gasteiger partial charge on any atom is 0.124 e. The first-order valence-electron chi connectivity index (χ1n) is 13.9. The zero-order chi connectivity index (χ0) is 30.1. The van der Waals surface area contributed by atoms with Crippen LogP contribution in [0.3, 0.4) is 0 Å². The van der Waals surface area contributed by atoms with Crippen molar-refractivity contribution in [3.05, 3.63) is 52.2 Å². The van der Waals surface area contributed by atoms with Crippen molar-refractivity contribution in [2.24, 2.45) is 5.41 Å². The standard InChI is InChI=1S/C25H30ClN3O.C5H12.C2H6.C2H2/c1-16-14-22-23(19-6-8-20(26)9-7-19)21(10-13-30)18(3)24-25(22)29(16)15-17(2)28(24)12-11-27(4)5;1-5(2,3)4;2*1-2/h6-9,13-14,17H,10-12,15H2,1-5H3;1-4H3;1-2H3;1-2H/t17-;;;/m0.../s1. The molecule has 2 aromatic carbocycles. The second-order valence-corrected chi connectivity index (χ2v) is 12.1. The third-order valence-corrected chi connectivity index (χ3v) is 6.63. The molecular weight excluding hydrogens is 502 g/mol. The Morgan fingerprint density at radius 1 is 1.08 bits per heavy atom. The molecule has 0 saturated heterocycles. The first-order chi connectivity index (χ1) is 18.3. The molecule has 0 fully saturated rings. The number of carbonyl (C=O) groups is 1. The summed E-state index contributed by atoms with van der Waals surface area (Å²) in [7, 11) is 4.23. The fraction of sp³-hybridized carbons (Fsp3) is 0.500. The number of hydrogen-bond donors (Lipinski definition) is 0. The molecular formula is C34H50ClN3O. The van der Waals surface area contributed by atoms with Gasteiger partial charge in [0.25, 0.3) is 0 Å². The first kappa shape index (κ1) is 34.3. The zero-order valence-corrected chi connectivity index (χ0v) is 26.9. The summed E-state index contributed by atoms with van der Waals surface area (Å²) in [6.07, 6.45) is 9.44. The second kappa shape index (κ2) is 15.2. The predicted molar refractivity (Wildman–Crippen MR) is 173 cm³/mol. The monoisotopic (exact) mass is 551 g/mol. The van der Waals surface area contributed by atoms with Crippen molar-refractivity contribution in [1.29, 1.82) is 0 Å². The highest BCUT2D eigenvalue weighted by atomic mass is 35.5. The van der Waals surface area contributed by atoms with Gasteiger partial charge in [-0.25, -0.2) is 0 Å². The number of rotatable bonds is 6. The summed E-state index contributed by atoms with van der Waals surface area (Å²) in [6.45, 7) is 22.4. The molecule has 5 heteroatoms. The molecule has 0 spiro atoms. The number of anilines is 1. The molecule has 0 bridgehead atoms. The van der Waals surface area contributed by atoms with Crippen molar-refractivity contribution >= 4 is 34.5 Å². The van der Waals surface area contributed by atoms with Crippen LogP contribution in [0.4, 0.5) is 5.69 Å². The molecule has 214 valence electrons. The van der Waals surface area contributed by atoms with E-state index in [2.05, 4.69) is 108 Å². The van der Waals surface area contributed by atoms with Gasteiger partial charge in [0.05, 0.1) is 11.2 Å². The Hall–Kier alpha value is -2.74. The maximum atomic E-state index is 11.7. The topological polar surface area (TPSA) is 28.5 Å². The van der Waals surface area contributed by atoms with Gasteiger partial charge in [-0.3, -0.25) is 0 Å². The van der Waals surface area contributed by atoms with Crippen LogP contribution in [-0.2, 0) is 17.8 Å². The van der Waals surface area contributed by atoms with Crippen molar-refractivity contribution in [3.8, 4) is 24.0 Å². The number of halogens is 1. The summed E-state index contributed by atoms with van der Waals surface area (Å²) in [4.78, 5) is 16.5. The van der Waals surface area contributed by atoms with Gasteiger partial charge in [-0.2, -0.15) is 0 Å². The summed E-state index contributed by atoms with van der Waals surface area (Å²) >= 11 is 6.16. The number of benzene rings is 2. The summed E-state index contributed by atoms with van der Waals surface area (Å²) in [5, 5.41) is 1.95. The molecule has 1 aliphatic heterocycles. The Kier molecular flexibility index (Phi) is 13.3. The molecule has 1 aliphatic rings. The van der Waals surface area contributed by atoms with Gasteiger partial charge in [-0.1, -0.05) is 65.3 Å². The number of carbonyl (C=O) groups excluding carboxylic acids is 1. The van der Waals surface area contributed by atoms with E-state index in [4.69, 9.17) is 11.6 Å². The summed E-state index contributed by atoms with van der Waals surface area (Å²) in [5.74, 6) is 0. The molecule has 2 heterocycles. The molecule has 0 radical (unpaired) electrons. The number of nitrogens with zero attached hydrogens (tertiary/aromatic N) is 3. The van der Waals surface area contributed by atoms with E-state index in [1.165, 1.54) is 33.4 Å². The van der Waals surface area contributed by atoms with E-state index in [1.54, 1.807) is 0 Å². The molecule has 0 saturated carbocycles. The lowest BCUT2D eigenvalue weighted by Gasteiger charge is -2.39. The average molecular weight is 552 g/mol. The van der Waals surface area contributed by atoms with E-state index in [1.807, 2.05) is 26.0 Å². The third kappa shape index (κ3) is 8.62. The molecule has 0 N–H and O–H groups in total. The molecule has 1 atom stereocenters. The molecule has 4 nitrogen and oxygen atoms in total. The predicted octanol–water partition coefficient (Wildman–Crippen LogP) is 8.42. The van der Waals surface area contributed by atoms with E-state index in [-0.39, 0.29) is 0 Å². The Balaban J connectivity index is 0.000000748. The number of aromatic nitrogens is 1. The number of hydrogen-bond acceptors (Lipinski definition) is 3. The first-order valence-corrected chi connectivity index (χ1v) is 14.3. The van der Waals surface area contributed by atoms with Gasteiger partial charge in [0, 0.05) is 48.2 Å². The quantitative estimate of drug-likeness (QED) is 0.227. The SMILES string of the molecule is C#C.CC.CC(C)(C)C.Cc1c(CC=O)c(-c2ccc(Cl)cc2)c2cc(C)n3c2c1N(CCN(C)C)[C@@H](C)C3. The fourth-order valence-electron chi connectivity index (χ4n) is 4.89. The molecule has 0 unspecified atom stereocenters. The van der Waals surface area contributed by atoms with Gasteiger partial charge in [-0.05, 0) is 80.7 Å². The number of terminal acetylenes is 1. The molecule has 0 amide bonds. The van der Waals surface area contributed by atoms with Crippen molar-refractivity contribution in [2.45, 2.75) is 81.3 Å². The van der Waals surface area contributed by atoms with Gasteiger partial charge >= 0.3 is 0 Å². The van der Waals surface area contributed by atoms with Gasteiger partial charge in [0.15, 0.2) is 0 Å². The van der Waals surface area contributed by atoms with Crippen molar-refractivity contribution in [3.63, 3.8) is 0 Å². The summed E-state index contributed by atoms with van der Waals surface area (Å²) in [5.41, 5.74) is 8.96. The Morgan fingerprint density at radius 2 is 1.62 bits per heavy atom. The fourth-order valence-corrected chi connectivity index (χ4v) is 5.01. The van der Waals surface area contributed by atoms with Crippen LogP contribution in [0.1, 0.15) is 65.3 Å². The van der Waals surface area contributed by atoms with Crippen LogP contribution in [0.5, 0.6) is 0 Å². The molecule has 0 aliphatic carbocycles. The van der Waals surface area contributed by atoms with Crippen LogP contribution in [0, 0.1) is 32.1 Å². The van der Waals surface area contributed by atoms with Crippen LogP contribution in [0.15, 0.2) is 30.3 Å². The average Bonchev–Trinajstić information content (AvgIpc) is 3.19.